The van der Waals surface area contributed by atoms with Crippen molar-refractivity contribution >= 4 is 12.1 Å². The van der Waals surface area contributed by atoms with Crippen LogP contribution in [0, 0.1) is 6.92 Å². The van der Waals surface area contributed by atoms with Crippen molar-refractivity contribution in [3.63, 3.8) is 0 Å². The van der Waals surface area contributed by atoms with Gasteiger partial charge in [-0.3, -0.25) is 4.79 Å². The molecule has 1 aromatic carbocycles. The number of carbonyl (C=O) groups is 1. The summed E-state index contributed by atoms with van der Waals surface area (Å²) in [7, 11) is 0. The van der Waals surface area contributed by atoms with Gasteiger partial charge in [0.25, 0.3) is 0 Å². The number of ether oxygens (including phenoxy) is 1. The van der Waals surface area contributed by atoms with Gasteiger partial charge in [0, 0.05) is 18.0 Å². The zero-order chi connectivity index (χ0) is 16.3. The second-order valence-electron chi connectivity index (χ2n) is 5.67. The fourth-order valence-corrected chi connectivity index (χ4v) is 2.49. The van der Waals surface area contributed by atoms with Crippen LogP contribution in [0.4, 0.5) is 5.69 Å². The fraction of sp³-hybridized carbons (Fsp3) is 0.368. The molecule has 1 N–H and O–H groups in total. The third kappa shape index (κ3) is 6.51. The molecule has 0 saturated heterocycles. The summed E-state index contributed by atoms with van der Waals surface area (Å²) in [5.74, 6) is 0.773. The maximum absolute atomic E-state index is 9.95. The first-order valence-corrected chi connectivity index (χ1v) is 8.12. The van der Waals surface area contributed by atoms with Crippen LogP contribution in [0.3, 0.4) is 0 Å². The Kier molecular flexibility index (Phi) is 7.11. The summed E-state index contributed by atoms with van der Waals surface area (Å²) in [6.07, 6.45) is 9.20. The van der Waals surface area contributed by atoms with Crippen LogP contribution in [-0.4, -0.2) is 17.5 Å². The zero-order valence-corrected chi connectivity index (χ0v) is 13.6. The third-order valence-electron chi connectivity index (χ3n) is 3.75. The van der Waals surface area contributed by atoms with Gasteiger partial charge in [-0.05, 0) is 50.8 Å². The van der Waals surface area contributed by atoms with Crippen LogP contribution in [0.2, 0.25) is 0 Å². The molecule has 3 rings (SSSR count). The van der Waals surface area contributed by atoms with E-state index in [1.54, 1.807) is 6.20 Å². The van der Waals surface area contributed by atoms with E-state index in [-0.39, 0.29) is 0 Å². The number of benzene rings is 1. The smallest absolute Gasteiger partial charge is 0.213 e. The average molecular weight is 312 g/mol. The van der Waals surface area contributed by atoms with Gasteiger partial charge in [0.15, 0.2) is 0 Å². The van der Waals surface area contributed by atoms with Crippen LogP contribution in [0.5, 0.6) is 5.88 Å². The van der Waals surface area contributed by atoms with Gasteiger partial charge in [-0.1, -0.05) is 30.2 Å². The van der Waals surface area contributed by atoms with Gasteiger partial charge in [-0.25, -0.2) is 4.98 Å². The molecule has 1 aliphatic carbocycles. The molecule has 0 radical (unpaired) electrons. The van der Waals surface area contributed by atoms with Crippen molar-refractivity contribution in [3.8, 4) is 5.88 Å². The number of hydrogen-bond acceptors (Lipinski definition) is 3. The monoisotopic (exact) mass is 312 g/mol. The Balaban J connectivity index is 0.000000174. The van der Waals surface area contributed by atoms with E-state index >= 15 is 0 Å². The highest BCUT2D eigenvalue weighted by Gasteiger charge is 2.14. The standard InChI is InChI=1S/C11H15NO.C8H9NO/c1-2-6-10(7-3-1)13-11-8-4-5-9-12-11;1-7-2-4-8(5-3-7)9-6-10/h4-5,8-10H,1-3,6-7H2;2-6H,1H3,(H,9,10). The first-order valence-electron chi connectivity index (χ1n) is 8.12. The lowest BCUT2D eigenvalue weighted by atomic mass is 9.98. The number of nitrogens with zero attached hydrogens (tertiary/aromatic N) is 1. The van der Waals surface area contributed by atoms with Crippen molar-refractivity contribution in [2.24, 2.45) is 0 Å². The highest BCUT2D eigenvalue weighted by atomic mass is 16.5. The van der Waals surface area contributed by atoms with E-state index in [1.165, 1.54) is 37.7 Å². The van der Waals surface area contributed by atoms with Crippen molar-refractivity contribution < 1.29 is 9.53 Å². The molecule has 1 saturated carbocycles. The minimum Gasteiger partial charge on any atom is -0.474 e. The summed E-state index contributed by atoms with van der Waals surface area (Å²) in [4.78, 5) is 14.1. The van der Waals surface area contributed by atoms with E-state index in [4.69, 9.17) is 4.74 Å². The van der Waals surface area contributed by atoms with Crippen LogP contribution in [0.25, 0.3) is 0 Å². The molecule has 0 aliphatic heterocycles. The van der Waals surface area contributed by atoms with Crippen molar-refractivity contribution in [2.75, 3.05) is 5.32 Å². The quantitative estimate of drug-likeness (QED) is 0.854. The van der Waals surface area contributed by atoms with E-state index in [1.807, 2.05) is 49.4 Å². The predicted molar refractivity (Wildman–Crippen MR) is 92.6 cm³/mol. The van der Waals surface area contributed by atoms with Crippen molar-refractivity contribution in [3.05, 3.63) is 54.2 Å². The maximum atomic E-state index is 9.95. The van der Waals surface area contributed by atoms with Gasteiger partial charge < -0.3 is 10.1 Å². The summed E-state index contributed by atoms with van der Waals surface area (Å²) < 4.78 is 5.74. The number of hydrogen-bond donors (Lipinski definition) is 1. The Bertz CT molecular complexity index is 564. The van der Waals surface area contributed by atoms with Gasteiger partial charge in [0.05, 0.1) is 0 Å². The molecule has 2 aromatic rings. The molecule has 0 bridgehead atoms. The number of nitrogens with one attached hydrogen (secondary N) is 1. The Morgan fingerprint density at radius 3 is 2.43 bits per heavy atom. The molecular weight excluding hydrogens is 288 g/mol. The summed E-state index contributed by atoms with van der Waals surface area (Å²) in [5, 5.41) is 2.55. The van der Waals surface area contributed by atoms with Crippen molar-refractivity contribution in [1.29, 1.82) is 0 Å². The molecule has 4 heteroatoms. The second kappa shape index (κ2) is 9.62. The Hall–Kier alpha value is -2.36. The Labute approximate surface area is 137 Å². The van der Waals surface area contributed by atoms with E-state index in [0.717, 1.165) is 11.6 Å². The SMILES string of the molecule is Cc1ccc(NC=O)cc1.c1ccc(OC2CCCCC2)nc1. The fourth-order valence-electron chi connectivity index (χ4n) is 2.49. The molecule has 1 amide bonds. The summed E-state index contributed by atoms with van der Waals surface area (Å²) >= 11 is 0. The molecule has 1 heterocycles. The van der Waals surface area contributed by atoms with Crippen molar-refractivity contribution in [1.82, 2.24) is 4.98 Å². The van der Waals surface area contributed by atoms with E-state index in [2.05, 4.69) is 10.3 Å². The number of pyridine rings is 1. The van der Waals surface area contributed by atoms with Gasteiger partial charge in [-0.2, -0.15) is 0 Å². The normalized spacial score (nSPS) is 14.3. The number of carbonyl (C=O) groups excluding carboxylic acids is 1. The number of aryl methyl sites for hydroxylation is 1. The number of amides is 1. The summed E-state index contributed by atoms with van der Waals surface area (Å²) in [5.41, 5.74) is 2.03. The lowest BCUT2D eigenvalue weighted by Gasteiger charge is -2.22. The maximum Gasteiger partial charge on any atom is 0.213 e. The topological polar surface area (TPSA) is 51.2 Å². The van der Waals surface area contributed by atoms with Gasteiger partial charge in [0.2, 0.25) is 12.3 Å². The minimum atomic E-state index is 0.406. The lowest BCUT2D eigenvalue weighted by molar-refractivity contribution is -0.105. The molecule has 0 unspecified atom stereocenters. The molecule has 1 fully saturated rings. The minimum absolute atomic E-state index is 0.406. The second-order valence-corrected chi connectivity index (χ2v) is 5.67. The number of aromatic nitrogens is 1. The molecule has 1 aromatic heterocycles. The third-order valence-corrected chi connectivity index (χ3v) is 3.75. The molecule has 4 nitrogen and oxygen atoms in total. The molecule has 122 valence electrons. The first-order chi connectivity index (χ1) is 11.3. The molecule has 0 spiro atoms. The summed E-state index contributed by atoms with van der Waals surface area (Å²) in [6.45, 7) is 2.00. The number of rotatable bonds is 4. The average Bonchev–Trinajstić information content (AvgIpc) is 2.60. The highest BCUT2D eigenvalue weighted by Crippen LogP contribution is 2.21. The van der Waals surface area contributed by atoms with Crippen LogP contribution in [-0.2, 0) is 4.79 Å². The molecular formula is C19H24N2O2. The van der Waals surface area contributed by atoms with E-state index < -0.39 is 0 Å². The zero-order valence-electron chi connectivity index (χ0n) is 13.6. The highest BCUT2D eigenvalue weighted by molar-refractivity contribution is 5.70. The lowest BCUT2D eigenvalue weighted by Crippen LogP contribution is -2.19. The van der Waals surface area contributed by atoms with Crippen molar-refractivity contribution in [2.45, 2.75) is 45.1 Å². The largest absolute Gasteiger partial charge is 0.474 e. The van der Waals surface area contributed by atoms with Gasteiger partial charge in [0.1, 0.15) is 6.10 Å². The Morgan fingerprint density at radius 2 is 1.83 bits per heavy atom. The van der Waals surface area contributed by atoms with Crippen LogP contribution >= 0.6 is 0 Å². The molecule has 1 aliphatic rings. The van der Waals surface area contributed by atoms with Crippen LogP contribution in [0.15, 0.2) is 48.7 Å². The first kappa shape index (κ1) is 17.0. The van der Waals surface area contributed by atoms with Crippen LogP contribution in [0.1, 0.15) is 37.7 Å². The number of anilines is 1. The predicted octanol–water partition coefficient (Wildman–Crippen LogP) is 4.36. The van der Waals surface area contributed by atoms with Crippen LogP contribution < -0.4 is 10.1 Å². The summed E-state index contributed by atoms with van der Waals surface area (Å²) in [6, 6.07) is 13.4. The van der Waals surface area contributed by atoms with E-state index in [9.17, 15) is 4.79 Å². The molecule has 0 atom stereocenters. The van der Waals surface area contributed by atoms with Gasteiger partial charge >= 0.3 is 0 Å². The molecule has 23 heavy (non-hydrogen) atoms. The Morgan fingerprint density at radius 1 is 1.09 bits per heavy atom. The van der Waals surface area contributed by atoms with E-state index in [0.29, 0.717) is 12.5 Å². The van der Waals surface area contributed by atoms with Gasteiger partial charge in [-0.15, -0.1) is 0 Å².